The van der Waals surface area contributed by atoms with Gasteiger partial charge in [0.25, 0.3) is 5.69 Å². The molecule has 0 spiro atoms. The van der Waals surface area contributed by atoms with E-state index in [9.17, 15) is 41.3 Å². The van der Waals surface area contributed by atoms with E-state index in [-0.39, 0.29) is 48.4 Å². The summed E-state index contributed by atoms with van der Waals surface area (Å²) in [5.41, 5.74) is -2.11. The van der Waals surface area contributed by atoms with Gasteiger partial charge in [0.05, 0.1) is 10.5 Å². The van der Waals surface area contributed by atoms with Gasteiger partial charge < -0.3 is 19.3 Å². The molecule has 9 nitrogen and oxygen atoms in total. The molecule has 194 valence electrons. The summed E-state index contributed by atoms with van der Waals surface area (Å²) in [5, 5.41) is 13.1. The largest absolute Gasteiger partial charge is 0.492 e. The van der Waals surface area contributed by atoms with Crippen molar-refractivity contribution in [3.8, 4) is 11.5 Å². The van der Waals surface area contributed by atoms with E-state index in [2.05, 4.69) is 0 Å². The average Bonchev–Trinajstić information content (AvgIpc) is 3.16. The Morgan fingerprint density at radius 3 is 2.22 bits per heavy atom. The van der Waals surface area contributed by atoms with Crippen LogP contribution in [0.3, 0.4) is 0 Å². The molecule has 2 heterocycles. The van der Waals surface area contributed by atoms with E-state index in [1.165, 1.54) is 11.0 Å². The third kappa shape index (κ3) is 4.74. The summed E-state index contributed by atoms with van der Waals surface area (Å²) in [7, 11) is 0. The Morgan fingerprint density at radius 1 is 1.00 bits per heavy atom. The number of piperazine rings is 1. The normalized spacial score (nSPS) is 19.9. The Kier molecular flexibility index (Phi) is 6.22. The van der Waals surface area contributed by atoms with Crippen molar-refractivity contribution >= 4 is 29.0 Å². The lowest BCUT2D eigenvalue weighted by Crippen LogP contribution is -2.67. The van der Waals surface area contributed by atoms with E-state index in [0.717, 1.165) is 23.1 Å². The summed E-state index contributed by atoms with van der Waals surface area (Å²) in [6, 6.07) is 4.34. The van der Waals surface area contributed by atoms with E-state index < -0.39 is 40.5 Å². The van der Waals surface area contributed by atoms with Gasteiger partial charge in [-0.05, 0) is 24.3 Å². The number of nitro benzene ring substituents is 1. The van der Waals surface area contributed by atoms with Gasteiger partial charge in [-0.15, -0.1) is 0 Å². The maximum atomic E-state index is 13.9. The van der Waals surface area contributed by atoms with Crippen molar-refractivity contribution in [1.82, 2.24) is 10.2 Å². The Balaban J connectivity index is 1.47. The molecule has 1 atom stereocenters. The minimum atomic E-state index is -5.20. The topological polar surface area (TPSA) is 97.2 Å². The number of urea groups is 1. The van der Waals surface area contributed by atoms with Gasteiger partial charge in [-0.25, -0.2) is 4.79 Å². The first kappa shape index (κ1) is 25.5. The first-order chi connectivity index (χ1) is 16.7. The summed E-state index contributed by atoms with van der Waals surface area (Å²) in [6.45, 7) is -0.597. The molecule has 0 bridgehead atoms. The highest BCUT2D eigenvalue weighted by Gasteiger charge is 2.66. The second kappa shape index (κ2) is 8.80. The zero-order chi connectivity index (χ0) is 26.5. The fourth-order valence-corrected chi connectivity index (χ4v) is 3.86. The molecule has 16 heteroatoms. The number of rotatable bonds is 3. The molecule has 0 aliphatic carbocycles. The van der Waals surface area contributed by atoms with Crippen LogP contribution in [0.15, 0.2) is 36.4 Å². The molecule has 2 amide bonds. The van der Waals surface area contributed by atoms with Crippen LogP contribution in [0.5, 0.6) is 11.5 Å². The highest BCUT2D eigenvalue weighted by atomic mass is 35.5. The van der Waals surface area contributed by atoms with Crippen LogP contribution < -0.4 is 19.7 Å². The predicted octanol–water partition coefficient (Wildman–Crippen LogP) is 4.79. The minimum absolute atomic E-state index is 0.0788. The third-order valence-electron chi connectivity index (χ3n) is 5.46. The molecule has 2 aliphatic heterocycles. The fourth-order valence-electron chi connectivity index (χ4n) is 3.70. The Hall–Kier alpha value is -3.62. The van der Waals surface area contributed by atoms with Gasteiger partial charge in [0, 0.05) is 43.3 Å². The molecule has 1 fully saturated rings. The molecule has 0 saturated carbocycles. The van der Waals surface area contributed by atoms with E-state index in [1.54, 1.807) is 5.32 Å². The monoisotopic (exact) mass is 540 g/mol. The van der Waals surface area contributed by atoms with E-state index in [1.807, 2.05) is 0 Å². The summed E-state index contributed by atoms with van der Waals surface area (Å²) < 4.78 is 90.2. The second-order valence-electron chi connectivity index (χ2n) is 7.77. The number of halogens is 7. The van der Waals surface area contributed by atoms with Crippen LogP contribution in [0.25, 0.3) is 0 Å². The van der Waals surface area contributed by atoms with E-state index >= 15 is 0 Å². The molecule has 0 aromatic heterocycles. The lowest BCUT2D eigenvalue weighted by Gasteiger charge is -2.37. The van der Waals surface area contributed by atoms with Crippen molar-refractivity contribution in [2.45, 2.75) is 18.3 Å². The first-order valence-corrected chi connectivity index (χ1v) is 10.5. The van der Waals surface area contributed by atoms with Crippen molar-refractivity contribution < 1.29 is 45.5 Å². The van der Waals surface area contributed by atoms with Crippen molar-refractivity contribution in [3.63, 3.8) is 0 Å². The number of fused-ring (bicyclic) bond motifs is 1. The van der Waals surface area contributed by atoms with Crippen LogP contribution in [0.4, 0.5) is 42.5 Å². The second-order valence-corrected chi connectivity index (χ2v) is 8.21. The smallest absolute Gasteiger partial charge is 0.424 e. The van der Waals surface area contributed by atoms with Crippen molar-refractivity contribution in [1.29, 1.82) is 0 Å². The number of amides is 2. The number of hydrogen-bond acceptors (Lipinski definition) is 6. The average molecular weight is 541 g/mol. The molecular weight excluding hydrogens is 526 g/mol. The number of hydrogen-bond donors (Lipinski definition) is 1. The summed E-state index contributed by atoms with van der Waals surface area (Å²) >= 11 is 5.77. The van der Waals surface area contributed by atoms with Crippen LogP contribution >= 0.6 is 11.6 Å². The van der Waals surface area contributed by atoms with E-state index in [0.29, 0.717) is 12.1 Å². The number of anilines is 1. The van der Waals surface area contributed by atoms with Gasteiger partial charge in [0.15, 0.2) is 11.5 Å². The fraction of sp³-hybridized carbons (Fsp3) is 0.350. The number of nitro groups is 1. The van der Waals surface area contributed by atoms with Crippen molar-refractivity contribution in [2.24, 2.45) is 0 Å². The summed E-state index contributed by atoms with van der Waals surface area (Å²) in [4.78, 5) is 25.4. The maximum Gasteiger partial charge on any atom is 0.492 e. The molecule has 2 aromatic rings. The highest BCUT2D eigenvalue weighted by molar-refractivity contribution is 6.30. The van der Waals surface area contributed by atoms with Crippen LogP contribution in [-0.4, -0.2) is 54.1 Å². The molecule has 36 heavy (non-hydrogen) atoms. The molecule has 4 rings (SSSR count). The third-order valence-corrected chi connectivity index (χ3v) is 5.70. The first-order valence-electron chi connectivity index (χ1n) is 10.1. The number of nitrogens with zero attached hydrogens (tertiary/aromatic N) is 3. The van der Waals surface area contributed by atoms with Gasteiger partial charge in [-0.3, -0.25) is 15.4 Å². The molecule has 0 radical (unpaired) electrons. The lowest BCUT2D eigenvalue weighted by molar-refractivity contribution is -0.384. The number of carbonyl (C=O) groups excluding carboxylic acids is 1. The molecule has 1 saturated heterocycles. The zero-order valence-electron chi connectivity index (χ0n) is 17.8. The minimum Gasteiger partial charge on any atom is -0.424 e. The Labute approximate surface area is 203 Å². The van der Waals surface area contributed by atoms with Crippen LogP contribution in [-0.2, 0) is 6.18 Å². The number of benzene rings is 2. The molecule has 1 unspecified atom stereocenters. The molecule has 1 N–H and O–H groups in total. The highest BCUT2D eigenvalue weighted by Crippen LogP contribution is 2.46. The van der Waals surface area contributed by atoms with Crippen molar-refractivity contribution in [3.05, 3.63) is 57.1 Å². The maximum absolute atomic E-state index is 13.9. The standard InChI is InChI=1S/C20H15ClF6N4O5/c21-12-2-4-15-16(10-12)36-20(35-15,19(25,26)27)28-17(32)30-7-5-29(6-8-30)13-3-1-11(18(22,23)24)9-14(13)31(33)34/h1-4,9-10H,5-8H2,(H,28,32). The summed E-state index contributed by atoms with van der Waals surface area (Å²) in [6.07, 6.45) is -9.99. The van der Waals surface area contributed by atoms with Gasteiger partial charge in [0.1, 0.15) is 5.69 Å². The quantitative estimate of drug-likeness (QED) is 0.342. The number of nitrogens with one attached hydrogen (secondary N) is 1. The van der Waals surface area contributed by atoms with Crippen LogP contribution in [0.1, 0.15) is 5.56 Å². The Morgan fingerprint density at radius 2 is 1.64 bits per heavy atom. The van der Waals surface area contributed by atoms with Crippen molar-refractivity contribution in [2.75, 3.05) is 31.1 Å². The Bertz CT molecular complexity index is 1200. The van der Waals surface area contributed by atoms with E-state index in [4.69, 9.17) is 21.1 Å². The van der Waals surface area contributed by atoms with Gasteiger partial charge in [-0.1, -0.05) is 11.6 Å². The predicted molar refractivity (Wildman–Crippen MR) is 112 cm³/mol. The van der Waals surface area contributed by atoms with Crippen LogP contribution in [0.2, 0.25) is 5.02 Å². The lowest BCUT2D eigenvalue weighted by atomic mass is 10.1. The zero-order valence-corrected chi connectivity index (χ0v) is 18.6. The summed E-state index contributed by atoms with van der Waals surface area (Å²) in [5.74, 6) is -4.14. The SMILES string of the molecule is O=C(NC1(C(F)(F)F)Oc2ccc(Cl)cc2O1)N1CCN(c2ccc(C(F)(F)F)cc2[N+](=O)[O-])CC1. The number of alkyl halides is 6. The van der Waals surface area contributed by atoms with Gasteiger partial charge >= 0.3 is 24.3 Å². The van der Waals surface area contributed by atoms with Crippen LogP contribution in [0, 0.1) is 10.1 Å². The molecular formula is C20H15ClF6N4O5. The molecule has 2 aromatic carbocycles. The molecule has 2 aliphatic rings. The number of carbonyl (C=O) groups is 1. The number of ether oxygens (including phenoxy) is 2. The van der Waals surface area contributed by atoms with Gasteiger partial charge in [-0.2, -0.15) is 26.3 Å². The van der Waals surface area contributed by atoms with Gasteiger partial charge in [0.2, 0.25) is 0 Å².